The van der Waals surface area contributed by atoms with E-state index in [0.717, 1.165) is 43.8 Å². The van der Waals surface area contributed by atoms with E-state index in [-0.39, 0.29) is 5.54 Å². The summed E-state index contributed by atoms with van der Waals surface area (Å²) >= 11 is 1.37. The van der Waals surface area contributed by atoms with Gasteiger partial charge < -0.3 is 10.2 Å². The standard InChI is InChI=1S/C16H32.C15H28N4S.C5H12.2C3H6.2C2H6/c1-9-12-16(8,15(5,6)7)14(4)11-10-13(2)3;1-15(2,3)16-10-6-5-9-13-14(18-20-17-13)19-11-7-4-8-12-19;1-4-5(2)3;2*1-3-2;2*1-2/h9,12-14H,10-11H2,1-8H3;16H,4-12H2,1-3H3;5H,4H2,1-3H3;2*3H,1H2,2H3;2*1-2H3. The summed E-state index contributed by atoms with van der Waals surface area (Å²) in [6.07, 6.45) is 19.5. The van der Waals surface area contributed by atoms with Crippen LogP contribution in [0.4, 0.5) is 5.82 Å². The van der Waals surface area contributed by atoms with Gasteiger partial charge in [0, 0.05) is 18.6 Å². The molecule has 1 aliphatic rings. The van der Waals surface area contributed by atoms with Gasteiger partial charge in [0.15, 0.2) is 5.82 Å². The van der Waals surface area contributed by atoms with Gasteiger partial charge in [-0.2, -0.15) is 8.75 Å². The van der Waals surface area contributed by atoms with Crippen molar-refractivity contribution in [1.82, 2.24) is 14.1 Å². The number of unbranched alkanes of at least 4 members (excludes halogenated alkanes) is 1. The van der Waals surface area contributed by atoms with Crippen LogP contribution in [0, 0.1) is 28.6 Å². The summed E-state index contributed by atoms with van der Waals surface area (Å²) in [5, 5.41) is 3.54. The number of hydrogen-bond donors (Lipinski definition) is 1. The number of allylic oxidation sites excluding steroid dienone is 4. The lowest BCUT2D eigenvalue weighted by atomic mass is 9.60. The summed E-state index contributed by atoms with van der Waals surface area (Å²) in [6, 6.07) is 0. The molecule has 1 N–H and O–H groups in total. The second-order valence-corrected chi connectivity index (χ2v) is 16.8. The molecule has 2 unspecified atom stereocenters. The Morgan fingerprint density at radius 3 is 1.61 bits per heavy atom. The molecule has 0 bridgehead atoms. The highest BCUT2D eigenvalue weighted by atomic mass is 32.1. The largest absolute Gasteiger partial charge is 0.354 e. The summed E-state index contributed by atoms with van der Waals surface area (Å²) < 4.78 is 9.03. The Hall–Kier alpha value is -1.46. The number of anilines is 1. The third kappa shape index (κ3) is 34.1. The minimum Gasteiger partial charge on any atom is -0.354 e. The maximum atomic E-state index is 4.52. The van der Waals surface area contributed by atoms with E-state index in [1.54, 1.807) is 12.2 Å². The number of nitrogens with zero attached hydrogens (tertiary/aromatic N) is 3. The average molecular weight is 737 g/mol. The summed E-state index contributed by atoms with van der Waals surface area (Å²) in [7, 11) is 0. The molecule has 0 amide bonds. The maximum Gasteiger partial charge on any atom is 0.165 e. The Bertz CT molecular complexity index is 876. The zero-order valence-electron chi connectivity index (χ0n) is 38.7. The molecule has 2 heterocycles. The van der Waals surface area contributed by atoms with Crippen LogP contribution < -0.4 is 10.2 Å². The smallest absolute Gasteiger partial charge is 0.165 e. The highest BCUT2D eigenvalue weighted by Crippen LogP contribution is 2.47. The van der Waals surface area contributed by atoms with Crippen molar-refractivity contribution in [1.29, 1.82) is 0 Å². The van der Waals surface area contributed by atoms with Crippen LogP contribution in [0.25, 0.3) is 0 Å². The van der Waals surface area contributed by atoms with Crippen LogP contribution in [0.3, 0.4) is 0 Å². The Morgan fingerprint density at radius 2 is 1.24 bits per heavy atom. The second-order valence-electron chi connectivity index (χ2n) is 16.2. The predicted octanol–water partition coefficient (Wildman–Crippen LogP) is 15.4. The Labute approximate surface area is 328 Å². The van der Waals surface area contributed by atoms with Crippen LogP contribution in [0.2, 0.25) is 0 Å². The normalized spacial score (nSPS) is 14.2. The molecule has 5 heteroatoms. The highest BCUT2D eigenvalue weighted by molar-refractivity contribution is 6.99. The SMILES string of the molecule is C=CC.C=CC.CC.CC.CC(C)(C)NCCCCc1nsnc1N1CCCCC1.CC=CC(C)(C(C)CCC(C)C)C(C)(C)C.CCC(C)C. The van der Waals surface area contributed by atoms with Gasteiger partial charge in [-0.25, -0.2) is 0 Å². The number of hydrogen-bond acceptors (Lipinski definition) is 5. The molecule has 1 fully saturated rings. The zero-order valence-corrected chi connectivity index (χ0v) is 39.5. The van der Waals surface area contributed by atoms with E-state index in [1.807, 2.05) is 41.5 Å². The number of aromatic nitrogens is 2. The molecule has 2 atom stereocenters. The first kappa shape index (κ1) is 58.8. The van der Waals surface area contributed by atoms with Crippen molar-refractivity contribution in [2.45, 2.75) is 202 Å². The van der Waals surface area contributed by atoms with Crippen molar-refractivity contribution in [3.8, 4) is 0 Å². The summed E-state index contributed by atoms with van der Waals surface area (Å²) in [6.45, 7) is 53.9. The average Bonchev–Trinajstić information content (AvgIpc) is 3.54. The lowest BCUT2D eigenvalue weighted by Crippen LogP contribution is -2.37. The van der Waals surface area contributed by atoms with E-state index < -0.39 is 0 Å². The van der Waals surface area contributed by atoms with Gasteiger partial charge in [0.2, 0.25) is 0 Å². The van der Waals surface area contributed by atoms with E-state index in [4.69, 9.17) is 0 Å². The van der Waals surface area contributed by atoms with Gasteiger partial charge in [0.05, 0.1) is 17.4 Å². The lowest BCUT2D eigenvalue weighted by molar-refractivity contribution is 0.0886. The Balaban J connectivity index is -0.000000202. The summed E-state index contributed by atoms with van der Waals surface area (Å²) in [5.41, 5.74) is 2.07. The first-order valence-corrected chi connectivity index (χ1v) is 21.6. The number of rotatable bonds is 12. The molecular weight excluding hydrogens is 641 g/mol. The molecule has 1 saturated heterocycles. The molecule has 306 valence electrons. The highest BCUT2D eigenvalue weighted by Gasteiger charge is 2.39. The molecule has 0 aromatic carbocycles. The van der Waals surface area contributed by atoms with E-state index in [2.05, 4.69) is 141 Å². The van der Waals surface area contributed by atoms with Crippen LogP contribution in [0.1, 0.15) is 196 Å². The monoisotopic (exact) mass is 737 g/mol. The van der Waals surface area contributed by atoms with Gasteiger partial charge in [-0.3, -0.25) is 0 Å². The minimum absolute atomic E-state index is 0.223. The van der Waals surface area contributed by atoms with Gasteiger partial charge in [0.25, 0.3) is 0 Å². The Kier molecular flexibility index (Phi) is 42.5. The van der Waals surface area contributed by atoms with E-state index in [1.165, 1.54) is 74.6 Å². The van der Waals surface area contributed by atoms with Crippen LogP contribution in [-0.4, -0.2) is 33.9 Å². The summed E-state index contributed by atoms with van der Waals surface area (Å²) in [5.74, 6) is 3.61. The molecule has 1 aromatic rings. The fourth-order valence-corrected chi connectivity index (χ4v) is 5.58. The van der Waals surface area contributed by atoms with Crippen LogP contribution >= 0.6 is 11.7 Å². The van der Waals surface area contributed by atoms with Gasteiger partial charge in [0.1, 0.15) is 0 Å². The molecule has 4 nitrogen and oxygen atoms in total. The minimum atomic E-state index is 0.223. The number of nitrogens with one attached hydrogen (secondary N) is 1. The predicted molar refractivity (Wildman–Crippen MR) is 242 cm³/mol. The third-order valence-corrected chi connectivity index (χ3v) is 9.39. The van der Waals surface area contributed by atoms with Crippen molar-refractivity contribution in [3.05, 3.63) is 43.2 Å². The lowest BCUT2D eigenvalue weighted by Gasteiger charge is -2.45. The molecule has 51 heavy (non-hydrogen) atoms. The zero-order chi connectivity index (χ0) is 41.1. The fraction of sp³-hybridized carbons (Fsp3) is 0.826. The molecule has 0 aliphatic carbocycles. The van der Waals surface area contributed by atoms with Crippen LogP contribution in [-0.2, 0) is 6.42 Å². The molecule has 0 radical (unpaired) electrons. The second kappa shape index (κ2) is 36.9. The topological polar surface area (TPSA) is 41.1 Å². The Morgan fingerprint density at radius 1 is 0.765 bits per heavy atom. The van der Waals surface area contributed by atoms with Gasteiger partial charge in [-0.1, -0.05) is 134 Å². The molecule has 0 spiro atoms. The number of piperidine rings is 1. The van der Waals surface area contributed by atoms with Crippen molar-refractivity contribution in [2.75, 3.05) is 24.5 Å². The van der Waals surface area contributed by atoms with Gasteiger partial charge in [-0.05, 0) is 122 Å². The van der Waals surface area contributed by atoms with E-state index in [9.17, 15) is 0 Å². The maximum absolute atomic E-state index is 4.52. The van der Waals surface area contributed by atoms with Crippen molar-refractivity contribution in [3.63, 3.8) is 0 Å². The molecule has 1 aromatic heterocycles. The van der Waals surface area contributed by atoms with Crippen molar-refractivity contribution in [2.24, 2.45) is 28.6 Å². The third-order valence-electron chi connectivity index (χ3n) is 8.83. The van der Waals surface area contributed by atoms with Crippen LogP contribution in [0.5, 0.6) is 0 Å². The fourth-order valence-electron chi connectivity index (χ4n) is 4.97. The van der Waals surface area contributed by atoms with E-state index in [0.29, 0.717) is 10.8 Å². The summed E-state index contributed by atoms with van der Waals surface area (Å²) in [4.78, 5) is 2.43. The molecule has 2 rings (SSSR count). The quantitative estimate of drug-likeness (QED) is 0.171. The van der Waals surface area contributed by atoms with E-state index >= 15 is 0 Å². The number of aryl methyl sites for hydroxylation is 1. The first-order chi connectivity index (χ1) is 23.8. The first-order valence-electron chi connectivity index (χ1n) is 20.9. The molecule has 0 saturated carbocycles. The van der Waals surface area contributed by atoms with Gasteiger partial charge >= 0.3 is 0 Å². The van der Waals surface area contributed by atoms with Crippen LogP contribution in [0.15, 0.2) is 37.5 Å². The molecule has 1 aliphatic heterocycles. The molecular formula is C46H96N4S. The van der Waals surface area contributed by atoms with Crippen molar-refractivity contribution >= 4 is 17.5 Å². The van der Waals surface area contributed by atoms with Gasteiger partial charge in [-0.15, -0.1) is 13.2 Å². The van der Waals surface area contributed by atoms with Crippen molar-refractivity contribution < 1.29 is 0 Å².